The molecular weight excluding hydrogens is 404 g/mol. The highest BCUT2D eigenvalue weighted by Crippen LogP contribution is 2.30. The van der Waals surface area contributed by atoms with Crippen LogP contribution in [-0.2, 0) is 11.2 Å². The molecule has 6 nitrogen and oxygen atoms in total. The van der Waals surface area contributed by atoms with Crippen LogP contribution in [0.2, 0.25) is 0 Å². The number of carbonyl (C=O) groups excluding carboxylic acids is 2. The van der Waals surface area contributed by atoms with Crippen LogP contribution in [0.25, 0.3) is 0 Å². The number of carbonyl (C=O) groups is 2. The van der Waals surface area contributed by atoms with Crippen LogP contribution >= 0.6 is 0 Å². The van der Waals surface area contributed by atoms with E-state index >= 15 is 0 Å². The predicted octanol–water partition coefficient (Wildman–Crippen LogP) is 4.15. The van der Waals surface area contributed by atoms with Crippen molar-refractivity contribution >= 4 is 17.5 Å². The van der Waals surface area contributed by atoms with Gasteiger partial charge in [0.25, 0.3) is 11.8 Å². The van der Waals surface area contributed by atoms with E-state index in [-0.39, 0.29) is 11.8 Å². The number of benzene rings is 3. The van der Waals surface area contributed by atoms with Crippen molar-refractivity contribution < 1.29 is 19.1 Å². The average Bonchev–Trinajstić information content (AvgIpc) is 2.86. The summed E-state index contributed by atoms with van der Waals surface area (Å²) in [6.07, 6.45) is 1.82. The quantitative estimate of drug-likeness (QED) is 0.638. The molecule has 0 fully saturated rings. The van der Waals surface area contributed by atoms with Gasteiger partial charge in [-0.1, -0.05) is 48.5 Å². The lowest BCUT2D eigenvalue weighted by atomic mass is 9.99. The number of rotatable bonds is 6. The number of ether oxygens (including phenoxy) is 2. The van der Waals surface area contributed by atoms with E-state index in [0.29, 0.717) is 23.6 Å². The van der Waals surface area contributed by atoms with Gasteiger partial charge in [0.05, 0.1) is 14.2 Å². The second-order valence-electron chi connectivity index (χ2n) is 7.64. The number of nitrogens with one attached hydrogen (secondary N) is 1. The highest BCUT2D eigenvalue weighted by Gasteiger charge is 2.31. The molecule has 32 heavy (non-hydrogen) atoms. The van der Waals surface area contributed by atoms with Crippen LogP contribution in [-0.4, -0.2) is 32.6 Å². The minimum absolute atomic E-state index is 0.161. The van der Waals surface area contributed by atoms with Gasteiger partial charge in [-0.05, 0) is 42.2 Å². The van der Waals surface area contributed by atoms with Crippen molar-refractivity contribution in [2.24, 2.45) is 0 Å². The summed E-state index contributed by atoms with van der Waals surface area (Å²) < 4.78 is 10.6. The van der Waals surface area contributed by atoms with Gasteiger partial charge in [0.2, 0.25) is 0 Å². The number of methoxy groups -OCH3 is 2. The molecule has 1 atom stereocenters. The fraction of sp³-hybridized carbons (Fsp3) is 0.231. The van der Waals surface area contributed by atoms with E-state index < -0.39 is 6.04 Å². The van der Waals surface area contributed by atoms with E-state index in [1.54, 1.807) is 23.1 Å². The number of fused-ring (bicyclic) bond motifs is 1. The first-order valence-corrected chi connectivity index (χ1v) is 10.6. The first kappa shape index (κ1) is 21.4. The number of nitrogens with zero attached hydrogens (tertiary/aromatic N) is 1. The second-order valence-corrected chi connectivity index (χ2v) is 7.64. The number of aryl methyl sites for hydroxylation is 1. The molecule has 6 heteroatoms. The van der Waals surface area contributed by atoms with Gasteiger partial charge < -0.3 is 19.7 Å². The predicted molar refractivity (Wildman–Crippen MR) is 123 cm³/mol. The van der Waals surface area contributed by atoms with E-state index in [9.17, 15) is 9.59 Å². The van der Waals surface area contributed by atoms with Gasteiger partial charge in [0.15, 0.2) is 0 Å². The van der Waals surface area contributed by atoms with Gasteiger partial charge >= 0.3 is 0 Å². The zero-order chi connectivity index (χ0) is 22.5. The summed E-state index contributed by atoms with van der Waals surface area (Å²) in [6, 6.07) is 21.4. The second kappa shape index (κ2) is 9.56. The maximum absolute atomic E-state index is 13.7. The molecule has 0 aromatic heterocycles. The third-order valence-corrected chi connectivity index (χ3v) is 5.65. The topological polar surface area (TPSA) is 67.9 Å². The molecule has 0 bridgehead atoms. The Morgan fingerprint density at radius 1 is 0.906 bits per heavy atom. The van der Waals surface area contributed by atoms with Crippen molar-refractivity contribution in [1.29, 1.82) is 0 Å². The Kier molecular flexibility index (Phi) is 6.40. The van der Waals surface area contributed by atoms with Crippen LogP contribution in [0.1, 0.15) is 33.9 Å². The lowest BCUT2D eigenvalue weighted by Gasteiger charge is -2.32. The van der Waals surface area contributed by atoms with Crippen molar-refractivity contribution in [3.63, 3.8) is 0 Å². The van der Waals surface area contributed by atoms with Crippen molar-refractivity contribution in [3.05, 3.63) is 89.5 Å². The molecular formula is C26H26N2O4. The van der Waals surface area contributed by atoms with Crippen LogP contribution in [0, 0.1) is 0 Å². The molecule has 1 aliphatic heterocycles. The molecule has 1 heterocycles. The lowest BCUT2D eigenvalue weighted by molar-refractivity contribution is -0.120. The lowest BCUT2D eigenvalue weighted by Crippen LogP contribution is -2.45. The number of para-hydroxylation sites is 1. The Morgan fingerprint density at radius 3 is 2.25 bits per heavy atom. The fourth-order valence-corrected chi connectivity index (χ4v) is 4.00. The summed E-state index contributed by atoms with van der Waals surface area (Å²) >= 11 is 0. The number of hydrogen-bond acceptors (Lipinski definition) is 4. The fourth-order valence-electron chi connectivity index (χ4n) is 4.00. The monoisotopic (exact) mass is 430 g/mol. The summed E-state index contributed by atoms with van der Waals surface area (Å²) in [5.74, 6) is 0.463. The Hall–Kier alpha value is -3.80. The molecule has 1 N–H and O–H groups in total. The Bertz CT molecular complexity index is 1090. The first-order valence-electron chi connectivity index (χ1n) is 10.6. The normalized spacial score (nSPS) is 13.6. The molecule has 3 aromatic carbocycles. The molecule has 2 amide bonds. The molecule has 1 aliphatic rings. The molecule has 3 aromatic rings. The van der Waals surface area contributed by atoms with Gasteiger partial charge in [-0.15, -0.1) is 0 Å². The SMILES string of the molecule is COc1cc(OC)cc(C(=O)NC(C(=O)N2CCCc3ccccc32)c2ccccc2)c1. The third kappa shape index (κ3) is 4.44. The van der Waals surface area contributed by atoms with E-state index in [4.69, 9.17) is 9.47 Å². The average molecular weight is 431 g/mol. The summed E-state index contributed by atoms with van der Waals surface area (Å²) in [4.78, 5) is 28.7. The van der Waals surface area contributed by atoms with Crippen LogP contribution in [0.15, 0.2) is 72.8 Å². The van der Waals surface area contributed by atoms with E-state index in [2.05, 4.69) is 5.32 Å². The van der Waals surface area contributed by atoms with Crippen molar-refractivity contribution in [2.75, 3.05) is 25.7 Å². The Balaban J connectivity index is 1.67. The van der Waals surface area contributed by atoms with Gasteiger partial charge in [-0.3, -0.25) is 9.59 Å². The number of hydrogen-bond donors (Lipinski definition) is 1. The van der Waals surface area contributed by atoms with Crippen molar-refractivity contribution in [2.45, 2.75) is 18.9 Å². The van der Waals surface area contributed by atoms with Crippen molar-refractivity contribution in [3.8, 4) is 11.5 Å². The van der Waals surface area contributed by atoms with Crippen molar-refractivity contribution in [1.82, 2.24) is 5.32 Å². The number of anilines is 1. The van der Waals surface area contributed by atoms with E-state index in [1.165, 1.54) is 14.2 Å². The van der Waals surface area contributed by atoms with Crippen LogP contribution in [0.3, 0.4) is 0 Å². The Morgan fingerprint density at radius 2 is 1.56 bits per heavy atom. The largest absolute Gasteiger partial charge is 0.497 e. The molecule has 0 saturated heterocycles. The smallest absolute Gasteiger partial charge is 0.254 e. The zero-order valence-electron chi connectivity index (χ0n) is 18.2. The summed E-state index contributed by atoms with van der Waals surface area (Å²) in [6.45, 7) is 0.613. The molecule has 0 saturated carbocycles. The molecule has 0 spiro atoms. The van der Waals surface area contributed by atoms with E-state index in [0.717, 1.165) is 29.7 Å². The maximum Gasteiger partial charge on any atom is 0.254 e. The van der Waals surface area contributed by atoms with E-state index in [1.807, 2.05) is 54.6 Å². The summed E-state index contributed by atoms with van der Waals surface area (Å²) in [5.41, 5.74) is 3.13. The maximum atomic E-state index is 13.7. The minimum Gasteiger partial charge on any atom is -0.497 e. The highest BCUT2D eigenvalue weighted by molar-refractivity contribution is 6.03. The first-order chi connectivity index (χ1) is 15.6. The van der Waals surface area contributed by atoms with Crippen LogP contribution in [0.4, 0.5) is 5.69 Å². The molecule has 0 radical (unpaired) electrons. The summed E-state index contributed by atoms with van der Waals surface area (Å²) in [5, 5.41) is 2.94. The third-order valence-electron chi connectivity index (χ3n) is 5.65. The van der Waals surface area contributed by atoms with Crippen LogP contribution in [0.5, 0.6) is 11.5 Å². The minimum atomic E-state index is -0.827. The van der Waals surface area contributed by atoms with Gasteiger partial charge in [0.1, 0.15) is 17.5 Å². The summed E-state index contributed by atoms with van der Waals surface area (Å²) in [7, 11) is 3.06. The molecule has 1 unspecified atom stereocenters. The van der Waals surface area contributed by atoms with Crippen LogP contribution < -0.4 is 19.7 Å². The molecule has 4 rings (SSSR count). The highest BCUT2D eigenvalue weighted by atomic mass is 16.5. The van der Waals surface area contributed by atoms with Gasteiger partial charge in [-0.2, -0.15) is 0 Å². The van der Waals surface area contributed by atoms with Gasteiger partial charge in [0, 0.05) is 23.9 Å². The Labute approximate surface area is 187 Å². The molecule has 164 valence electrons. The van der Waals surface area contributed by atoms with Gasteiger partial charge in [-0.25, -0.2) is 0 Å². The molecule has 0 aliphatic carbocycles. The number of amides is 2. The standard InChI is InChI=1S/C26H26N2O4/c1-31-21-15-20(16-22(17-21)32-2)25(29)27-24(19-10-4-3-5-11-19)26(30)28-14-8-12-18-9-6-7-13-23(18)28/h3-7,9-11,13,15-17,24H,8,12,14H2,1-2H3,(H,27,29). The zero-order valence-corrected chi connectivity index (χ0v) is 18.2.